The summed E-state index contributed by atoms with van der Waals surface area (Å²) in [6.07, 6.45) is 0.767. The van der Waals surface area contributed by atoms with Crippen LogP contribution in [-0.4, -0.2) is 36.1 Å². The number of hydrogen-bond acceptors (Lipinski definition) is 4. The van der Waals surface area contributed by atoms with E-state index in [-0.39, 0.29) is 36.9 Å². The average molecular weight is 340 g/mol. The molecule has 2 aromatic rings. The number of fused-ring (bicyclic) bond motifs is 1. The fourth-order valence-corrected chi connectivity index (χ4v) is 3.65. The minimum absolute atomic E-state index is 0.0374. The predicted octanol–water partition coefficient (Wildman–Crippen LogP) is 2.94. The Morgan fingerprint density at radius 3 is 2.04 bits per heavy atom. The van der Waals surface area contributed by atoms with Crippen molar-refractivity contribution in [1.82, 2.24) is 0 Å². The topological polar surface area (TPSA) is 51.2 Å². The van der Waals surface area contributed by atoms with Crippen molar-refractivity contribution >= 4 is 0 Å². The molecule has 132 valence electrons. The van der Waals surface area contributed by atoms with Gasteiger partial charge in [0.2, 0.25) is 0 Å². The number of hydrogen-bond donors (Lipinski definition) is 1. The average Bonchev–Trinajstić information content (AvgIpc) is 3.47. The molecule has 1 heterocycles. The van der Waals surface area contributed by atoms with Gasteiger partial charge in [-0.25, -0.2) is 0 Å². The largest absolute Gasteiger partial charge is 0.396 e. The molecule has 5 atom stereocenters. The van der Waals surface area contributed by atoms with Crippen LogP contribution in [0.5, 0.6) is 0 Å². The van der Waals surface area contributed by atoms with Crippen molar-refractivity contribution in [2.75, 3.05) is 6.61 Å². The summed E-state index contributed by atoms with van der Waals surface area (Å²) >= 11 is 0. The van der Waals surface area contributed by atoms with Gasteiger partial charge in [0, 0.05) is 12.5 Å². The van der Waals surface area contributed by atoms with Gasteiger partial charge in [-0.3, -0.25) is 0 Å². The smallest absolute Gasteiger partial charge is 0.113 e. The van der Waals surface area contributed by atoms with Gasteiger partial charge in [-0.1, -0.05) is 60.7 Å². The van der Waals surface area contributed by atoms with Crippen LogP contribution in [0.4, 0.5) is 0 Å². The van der Waals surface area contributed by atoms with Crippen LogP contribution in [0.1, 0.15) is 17.5 Å². The zero-order valence-electron chi connectivity index (χ0n) is 14.2. The van der Waals surface area contributed by atoms with Gasteiger partial charge in [0.1, 0.15) is 12.2 Å². The Hall–Kier alpha value is -1.72. The van der Waals surface area contributed by atoms with Crippen molar-refractivity contribution < 1.29 is 19.3 Å². The summed E-state index contributed by atoms with van der Waals surface area (Å²) < 4.78 is 18.2. The molecule has 1 N–H and O–H groups in total. The summed E-state index contributed by atoms with van der Waals surface area (Å²) in [5.41, 5.74) is 2.29. The summed E-state index contributed by atoms with van der Waals surface area (Å²) in [5, 5.41) is 9.61. The SMILES string of the molecule is OC[C@H]1C[C@H](OCc2ccccc2)[C@H](OCc2ccccc2)[C@H]2O[C@@H]12. The number of aliphatic hydroxyl groups is 1. The van der Waals surface area contributed by atoms with Gasteiger partial charge in [-0.15, -0.1) is 0 Å². The molecule has 1 saturated heterocycles. The Balaban J connectivity index is 1.41. The lowest BCUT2D eigenvalue weighted by molar-refractivity contribution is -0.110. The van der Waals surface area contributed by atoms with Gasteiger partial charge >= 0.3 is 0 Å². The molecule has 4 heteroatoms. The van der Waals surface area contributed by atoms with E-state index in [1.54, 1.807) is 0 Å². The molecule has 1 aliphatic carbocycles. The van der Waals surface area contributed by atoms with Gasteiger partial charge in [0.25, 0.3) is 0 Å². The van der Waals surface area contributed by atoms with E-state index < -0.39 is 0 Å². The Morgan fingerprint density at radius 2 is 1.44 bits per heavy atom. The second-order valence-corrected chi connectivity index (χ2v) is 6.84. The van der Waals surface area contributed by atoms with Crippen molar-refractivity contribution in [2.45, 2.75) is 44.1 Å². The maximum absolute atomic E-state index is 9.61. The zero-order valence-corrected chi connectivity index (χ0v) is 14.2. The van der Waals surface area contributed by atoms with Crippen molar-refractivity contribution in [3.63, 3.8) is 0 Å². The molecule has 2 aromatic carbocycles. The molecule has 0 aromatic heterocycles. The van der Waals surface area contributed by atoms with Crippen LogP contribution in [0.25, 0.3) is 0 Å². The maximum atomic E-state index is 9.61. The molecule has 0 bridgehead atoms. The molecule has 4 rings (SSSR count). The standard InChI is InChI=1S/C21H24O4/c22-12-17-11-18(23-13-15-7-3-1-4-8-15)20(21-19(17)25-21)24-14-16-9-5-2-6-10-16/h1-10,17-22H,11-14H2/t17-,18+,19+,20+,21+/m1/s1. The molecule has 0 unspecified atom stereocenters. The van der Waals surface area contributed by atoms with Crippen LogP contribution in [0.15, 0.2) is 60.7 Å². The van der Waals surface area contributed by atoms with Crippen molar-refractivity contribution in [1.29, 1.82) is 0 Å². The fourth-order valence-electron chi connectivity index (χ4n) is 3.65. The number of benzene rings is 2. The van der Waals surface area contributed by atoms with Crippen LogP contribution < -0.4 is 0 Å². The molecule has 1 saturated carbocycles. The minimum Gasteiger partial charge on any atom is -0.396 e. The molecule has 0 amide bonds. The molecule has 0 radical (unpaired) electrons. The first-order valence-corrected chi connectivity index (χ1v) is 8.92. The first kappa shape index (κ1) is 16.7. The van der Waals surface area contributed by atoms with Crippen LogP contribution in [0, 0.1) is 5.92 Å². The van der Waals surface area contributed by atoms with E-state index in [9.17, 15) is 5.11 Å². The fraction of sp³-hybridized carbons (Fsp3) is 0.429. The van der Waals surface area contributed by atoms with Crippen molar-refractivity contribution in [2.24, 2.45) is 5.92 Å². The van der Waals surface area contributed by atoms with E-state index in [0.717, 1.165) is 17.5 Å². The Morgan fingerprint density at radius 1 is 0.840 bits per heavy atom. The second-order valence-electron chi connectivity index (χ2n) is 6.84. The molecule has 0 spiro atoms. The summed E-state index contributed by atoms with van der Waals surface area (Å²) in [5.74, 6) is 0.141. The molecular weight excluding hydrogens is 316 g/mol. The van der Waals surface area contributed by atoms with E-state index in [4.69, 9.17) is 14.2 Å². The van der Waals surface area contributed by atoms with Crippen molar-refractivity contribution in [3.8, 4) is 0 Å². The maximum Gasteiger partial charge on any atom is 0.113 e. The number of ether oxygens (including phenoxy) is 3. The van der Waals surface area contributed by atoms with E-state index in [2.05, 4.69) is 24.3 Å². The van der Waals surface area contributed by atoms with E-state index in [1.807, 2.05) is 36.4 Å². The number of aliphatic hydroxyl groups excluding tert-OH is 1. The highest BCUT2D eigenvalue weighted by molar-refractivity contribution is 5.15. The summed E-state index contributed by atoms with van der Waals surface area (Å²) in [6.45, 7) is 1.23. The monoisotopic (exact) mass is 340 g/mol. The third kappa shape index (κ3) is 3.93. The van der Waals surface area contributed by atoms with Gasteiger partial charge in [-0.05, 0) is 17.5 Å². The van der Waals surface area contributed by atoms with E-state index in [0.29, 0.717) is 13.2 Å². The third-order valence-corrected chi connectivity index (χ3v) is 5.08. The highest BCUT2D eigenvalue weighted by Crippen LogP contribution is 2.43. The quantitative estimate of drug-likeness (QED) is 0.788. The molecule has 2 aliphatic rings. The molecule has 4 nitrogen and oxygen atoms in total. The lowest BCUT2D eigenvalue weighted by Crippen LogP contribution is -2.44. The number of rotatable bonds is 7. The zero-order chi connectivity index (χ0) is 17.1. The highest BCUT2D eigenvalue weighted by atomic mass is 16.6. The molecule has 1 aliphatic heterocycles. The van der Waals surface area contributed by atoms with Crippen LogP contribution >= 0.6 is 0 Å². The van der Waals surface area contributed by atoms with Gasteiger partial charge < -0.3 is 19.3 Å². The Kier molecular flexibility index (Phi) is 5.13. The third-order valence-electron chi connectivity index (χ3n) is 5.08. The lowest BCUT2D eigenvalue weighted by Gasteiger charge is -2.32. The van der Waals surface area contributed by atoms with Crippen LogP contribution in [0.3, 0.4) is 0 Å². The van der Waals surface area contributed by atoms with Crippen molar-refractivity contribution in [3.05, 3.63) is 71.8 Å². The first-order chi connectivity index (χ1) is 12.3. The second kappa shape index (κ2) is 7.67. The summed E-state index contributed by atoms with van der Waals surface area (Å²) in [4.78, 5) is 0. The molecular formula is C21H24O4. The first-order valence-electron chi connectivity index (χ1n) is 8.92. The molecule has 2 fully saturated rings. The van der Waals surface area contributed by atoms with Gasteiger partial charge in [-0.2, -0.15) is 0 Å². The minimum atomic E-state index is -0.0864. The van der Waals surface area contributed by atoms with Gasteiger partial charge in [0.15, 0.2) is 0 Å². The highest BCUT2D eigenvalue weighted by Gasteiger charge is 2.57. The lowest BCUT2D eigenvalue weighted by atomic mass is 9.85. The Bertz CT molecular complexity index is 660. The van der Waals surface area contributed by atoms with Gasteiger partial charge in [0.05, 0.1) is 25.4 Å². The summed E-state index contributed by atoms with van der Waals surface area (Å²) in [6, 6.07) is 20.3. The van der Waals surface area contributed by atoms with E-state index >= 15 is 0 Å². The number of epoxide rings is 1. The Labute approximate surface area is 148 Å². The normalized spacial score (nSPS) is 30.7. The van der Waals surface area contributed by atoms with Crippen LogP contribution in [0.2, 0.25) is 0 Å². The summed E-state index contributed by atoms with van der Waals surface area (Å²) in [7, 11) is 0. The predicted molar refractivity (Wildman–Crippen MR) is 93.9 cm³/mol. The molecule has 25 heavy (non-hydrogen) atoms. The van der Waals surface area contributed by atoms with Crippen LogP contribution in [-0.2, 0) is 27.4 Å². The van der Waals surface area contributed by atoms with E-state index in [1.165, 1.54) is 0 Å².